The Morgan fingerprint density at radius 1 is 1.55 bits per heavy atom. The van der Waals surface area contributed by atoms with Crippen LogP contribution in [-0.4, -0.2) is 47.5 Å². The molecule has 3 heterocycles. The third-order valence-corrected chi connectivity index (χ3v) is 3.92. The summed E-state index contributed by atoms with van der Waals surface area (Å²) >= 11 is 0. The number of ether oxygens (including phenoxy) is 1. The van der Waals surface area contributed by atoms with E-state index in [-0.39, 0.29) is 5.97 Å². The van der Waals surface area contributed by atoms with Gasteiger partial charge in [0.15, 0.2) is 5.65 Å². The van der Waals surface area contributed by atoms with Crippen molar-refractivity contribution in [1.82, 2.24) is 14.3 Å². The van der Waals surface area contributed by atoms with Crippen molar-refractivity contribution in [3.8, 4) is 0 Å². The predicted octanol–water partition coefficient (Wildman–Crippen LogP) is 1.62. The van der Waals surface area contributed by atoms with E-state index in [4.69, 9.17) is 4.74 Å². The zero-order valence-electron chi connectivity index (χ0n) is 11.9. The Morgan fingerprint density at radius 2 is 2.40 bits per heavy atom. The van der Waals surface area contributed by atoms with Gasteiger partial charge in [-0.3, -0.25) is 0 Å². The van der Waals surface area contributed by atoms with Crippen LogP contribution in [-0.2, 0) is 11.2 Å². The minimum absolute atomic E-state index is 0.339. The molecule has 0 radical (unpaired) electrons. The summed E-state index contributed by atoms with van der Waals surface area (Å²) < 4.78 is 6.71. The van der Waals surface area contributed by atoms with Gasteiger partial charge in [0.1, 0.15) is 5.56 Å². The Balaban J connectivity index is 1.88. The van der Waals surface area contributed by atoms with Crippen LogP contribution in [0.5, 0.6) is 0 Å². The number of aromatic nitrogens is 2. The van der Waals surface area contributed by atoms with Crippen molar-refractivity contribution < 1.29 is 9.53 Å². The molecule has 2 aromatic heterocycles. The first-order valence-corrected chi connectivity index (χ1v) is 6.91. The third kappa shape index (κ3) is 2.41. The second kappa shape index (κ2) is 5.25. The molecule has 0 bridgehead atoms. The minimum Gasteiger partial charge on any atom is -0.465 e. The van der Waals surface area contributed by atoms with E-state index in [0.717, 1.165) is 25.2 Å². The average Bonchev–Trinajstić information content (AvgIpc) is 3.03. The van der Waals surface area contributed by atoms with Crippen LogP contribution in [0.2, 0.25) is 0 Å². The number of esters is 1. The number of carbonyl (C=O) groups is 1. The summed E-state index contributed by atoms with van der Waals surface area (Å²) in [5.74, 6) is 0.319. The molecule has 0 saturated carbocycles. The maximum atomic E-state index is 11.7. The number of hydrogen-bond acceptors (Lipinski definition) is 4. The lowest BCUT2D eigenvalue weighted by atomic mass is 10.0. The van der Waals surface area contributed by atoms with Crippen LogP contribution in [0.15, 0.2) is 24.5 Å². The lowest BCUT2D eigenvalue weighted by Crippen LogP contribution is -2.15. The van der Waals surface area contributed by atoms with Crippen LogP contribution >= 0.6 is 0 Å². The van der Waals surface area contributed by atoms with Crippen molar-refractivity contribution in [2.75, 3.05) is 27.2 Å². The second-order valence-corrected chi connectivity index (χ2v) is 5.50. The number of nitrogens with zero attached hydrogens (tertiary/aromatic N) is 3. The number of rotatable bonds is 3. The Kier molecular flexibility index (Phi) is 3.44. The number of carbonyl (C=O) groups excluding carboxylic acids is 1. The smallest absolute Gasteiger partial charge is 0.341 e. The minimum atomic E-state index is -0.339. The molecule has 106 valence electrons. The monoisotopic (exact) mass is 273 g/mol. The molecule has 0 spiro atoms. The zero-order valence-corrected chi connectivity index (χ0v) is 11.9. The van der Waals surface area contributed by atoms with Gasteiger partial charge in [-0.05, 0) is 44.5 Å². The van der Waals surface area contributed by atoms with E-state index in [1.165, 1.54) is 13.5 Å². The summed E-state index contributed by atoms with van der Waals surface area (Å²) in [5, 5.41) is 0. The maximum Gasteiger partial charge on any atom is 0.341 e. The molecule has 1 aliphatic heterocycles. The largest absolute Gasteiger partial charge is 0.465 e. The quantitative estimate of drug-likeness (QED) is 0.797. The van der Waals surface area contributed by atoms with E-state index in [9.17, 15) is 4.79 Å². The summed E-state index contributed by atoms with van der Waals surface area (Å²) in [7, 11) is 3.54. The molecule has 1 atom stereocenters. The van der Waals surface area contributed by atoms with Gasteiger partial charge in [-0.25, -0.2) is 9.78 Å². The molecule has 2 aromatic rings. The van der Waals surface area contributed by atoms with Crippen molar-refractivity contribution in [2.24, 2.45) is 5.92 Å². The summed E-state index contributed by atoms with van der Waals surface area (Å²) in [5.41, 5.74) is 2.24. The van der Waals surface area contributed by atoms with Crippen molar-refractivity contribution >= 4 is 11.6 Å². The summed E-state index contributed by atoms with van der Waals surface area (Å²) in [6.45, 7) is 2.28. The van der Waals surface area contributed by atoms with Gasteiger partial charge in [0, 0.05) is 18.9 Å². The molecule has 1 unspecified atom stereocenters. The summed E-state index contributed by atoms with van der Waals surface area (Å²) in [6, 6.07) is 3.59. The zero-order chi connectivity index (χ0) is 14.1. The number of methoxy groups -OCH3 is 1. The summed E-state index contributed by atoms with van der Waals surface area (Å²) in [4.78, 5) is 18.7. The molecule has 0 aliphatic carbocycles. The van der Waals surface area contributed by atoms with Crippen LogP contribution < -0.4 is 0 Å². The van der Waals surface area contributed by atoms with E-state index in [0.29, 0.717) is 17.1 Å². The van der Waals surface area contributed by atoms with E-state index < -0.39 is 0 Å². The number of fused-ring (bicyclic) bond motifs is 1. The second-order valence-electron chi connectivity index (χ2n) is 5.50. The first-order valence-electron chi connectivity index (χ1n) is 6.91. The Hall–Kier alpha value is -1.88. The Bertz CT molecular complexity index is 635. The fourth-order valence-corrected chi connectivity index (χ4v) is 2.92. The number of likely N-dealkylation sites (tertiary alicyclic amines) is 1. The fraction of sp³-hybridized carbons (Fsp3) is 0.467. The van der Waals surface area contributed by atoms with Crippen LogP contribution in [0.25, 0.3) is 5.65 Å². The van der Waals surface area contributed by atoms with Crippen molar-refractivity contribution in [3.63, 3.8) is 0 Å². The molecule has 0 aromatic carbocycles. The van der Waals surface area contributed by atoms with Crippen LogP contribution in [0, 0.1) is 5.92 Å². The molecule has 1 fully saturated rings. The van der Waals surface area contributed by atoms with Gasteiger partial charge in [-0.2, -0.15) is 0 Å². The third-order valence-electron chi connectivity index (χ3n) is 3.92. The van der Waals surface area contributed by atoms with E-state index in [1.54, 1.807) is 6.07 Å². The van der Waals surface area contributed by atoms with Gasteiger partial charge in [0.25, 0.3) is 0 Å². The fourth-order valence-electron chi connectivity index (χ4n) is 2.92. The molecular formula is C15H19N3O2. The number of imidazole rings is 1. The Labute approximate surface area is 118 Å². The lowest BCUT2D eigenvalue weighted by molar-refractivity contribution is 0.0602. The molecule has 5 heteroatoms. The highest BCUT2D eigenvalue weighted by molar-refractivity contribution is 5.95. The lowest BCUT2D eigenvalue weighted by Gasteiger charge is -2.07. The number of hydrogen-bond donors (Lipinski definition) is 0. The SMILES string of the molecule is COC(=O)c1cccn2cc(CC3CCN(C)C3)nc12. The average molecular weight is 273 g/mol. The molecule has 20 heavy (non-hydrogen) atoms. The van der Waals surface area contributed by atoms with Gasteiger partial charge in [0.05, 0.1) is 12.8 Å². The van der Waals surface area contributed by atoms with E-state index in [1.807, 2.05) is 22.9 Å². The maximum absolute atomic E-state index is 11.7. The molecule has 0 N–H and O–H groups in total. The van der Waals surface area contributed by atoms with Crippen molar-refractivity contribution in [1.29, 1.82) is 0 Å². The Morgan fingerprint density at radius 3 is 3.10 bits per heavy atom. The van der Waals surface area contributed by atoms with Crippen LogP contribution in [0.3, 0.4) is 0 Å². The molecule has 3 rings (SSSR count). The molecule has 1 saturated heterocycles. The van der Waals surface area contributed by atoms with Gasteiger partial charge < -0.3 is 14.0 Å². The first-order chi connectivity index (χ1) is 9.67. The standard InChI is InChI=1S/C15H19N3O2/c1-17-7-5-11(9-17)8-12-10-18-6-3-4-13(14(18)16-12)15(19)20-2/h3-4,6,10-11H,5,7-9H2,1-2H3. The number of pyridine rings is 1. The predicted molar refractivity (Wildman–Crippen MR) is 75.8 cm³/mol. The highest BCUT2D eigenvalue weighted by atomic mass is 16.5. The molecule has 0 amide bonds. The highest BCUT2D eigenvalue weighted by Gasteiger charge is 2.21. The van der Waals surface area contributed by atoms with E-state index in [2.05, 4.69) is 16.9 Å². The first kappa shape index (κ1) is 13.1. The van der Waals surface area contributed by atoms with Gasteiger partial charge in [-0.1, -0.05) is 0 Å². The van der Waals surface area contributed by atoms with Crippen LogP contribution in [0.1, 0.15) is 22.5 Å². The van der Waals surface area contributed by atoms with Crippen LogP contribution in [0.4, 0.5) is 0 Å². The van der Waals surface area contributed by atoms with Crippen molar-refractivity contribution in [2.45, 2.75) is 12.8 Å². The van der Waals surface area contributed by atoms with Gasteiger partial charge in [-0.15, -0.1) is 0 Å². The van der Waals surface area contributed by atoms with Gasteiger partial charge >= 0.3 is 5.97 Å². The van der Waals surface area contributed by atoms with E-state index >= 15 is 0 Å². The van der Waals surface area contributed by atoms with Gasteiger partial charge in [0.2, 0.25) is 0 Å². The molecular weight excluding hydrogens is 254 g/mol. The van der Waals surface area contributed by atoms with Crippen molar-refractivity contribution in [3.05, 3.63) is 35.8 Å². The normalized spacial score (nSPS) is 19.6. The molecule has 1 aliphatic rings. The molecule has 5 nitrogen and oxygen atoms in total. The topological polar surface area (TPSA) is 46.8 Å². The summed E-state index contributed by atoms with van der Waals surface area (Å²) in [6.07, 6.45) is 6.11. The highest BCUT2D eigenvalue weighted by Crippen LogP contribution is 2.20.